The number of esters is 1. The fraction of sp³-hybridized carbons (Fsp3) is 0.214. The molecule has 17 heavy (non-hydrogen) atoms. The zero-order chi connectivity index (χ0) is 12.3. The molecule has 0 aromatic heterocycles. The highest BCUT2D eigenvalue weighted by molar-refractivity contribution is 9.10. The van der Waals surface area contributed by atoms with Crippen LogP contribution in [0, 0.1) is 0 Å². The van der Waals surface area contributed by atoms with E-state index in [2.05, 4.69) is 46.3 Å². The zero-order valence-electron chi connectivity index (χ0n) is 9.57. The number of carbonyl (C=O) groups excluding carboxylic acids is 1. The van der Waals surface area contributed by atoms with Gasteiger partial charge in [0, 0.05) is 17.8 Å². The topological polar surface area (TPSA) is 26.3 Å². The molecule has 0 aliphatic heterocycles. The predicted molar refractivity (Wildman–Crippen MR) is 72.0 cm³/mol. The summed E-state index contributed by atoms with van der Waals surface area (Å²) >= 11 is 3.45. The Morgan fingerprint density at radius 1 is 1.18 bits per heavy atom. The van der Waals surface area contributed by atoms with Gasteiger partial charge in [0.25, 0.3) is 0 Å². The number of hydrogen-bond acceptors (Lipinski definition) is 2. The second-order valence-corrected chi connectivity index (χ2v) is 4.83. The Labute approximate surface area is 109 Å². The van der Waals surface area contributed by atoms with E-state index in [0.29, 0.717) is 6.61 Å². The zero-order valence-corrected chi connectivity index (χ0v) is 11.2. The molecular formula is C14H13BrO2. The average Bonchev–Trinajstić information content (AvgIpc) is 2.29. The summed E-state index contributed by atoms with van der Waals surface area (Å²) in [6.07, 6.45) is 0.756. The van der Waals surface area contributed by atoms with Crippen LogP contribution in [0.3, 0.4) is 0 Å². The summed E-state index contributed by atoms with van der Waals surface area (Å²) in [5.41, 5.74) is 1.18. The summed E-state index contributed by atoms with van der Waals surface area (Å²) in [6.45, 7) is 1.87. The molecule has 2 rings (SSSR count). The van der Waals surface area contributed by atoms with Gasteiger partial charge in [0.1, 0.15) is 0 Å². The summed E-state index contributed by atoms with van der Waals surface area (Å²) in [5.74, 6) is -0.227. The Balaban J connectivity index is 2.14. The van der Waals surface area contributed by atoms with E-state index < -0.39 is 0 Å². The van der Waals surface area contributed by atoms with Gasteiger partial charge in [0.15, 0.2) is 0 Å². The number of hydrogen-bond donors (Lipinski definition) is 0. The molecule has 3 heteroatoms. The molecule has 0 heterocycles. The van der Waals surface area contributed by atoms with Crippen LogP contribution in [0.4, 0.5) is 0 Å². The Morgan fingerprint density at radius 3 is 2.65 bits per heavy atom. The first-order chi connectivity index (χ1) is 8.15. The van der Waals surface area contributed by atoms with Crippen molar-refractivity contribution >= 4 is 32.7 Å². The van der Waals surface area contributed by atoms with E-state index in [-0.39, 0.29) is 5.97 Å². The van der Waals surface area contributed by atoms with Crippen molar-refractivity contribution < 1.29 is 9.53 Å². The third-order valence-electron chi connectivity index (χ3n) is 2.56. The second kappa shape index (κ2) is 5.32. The van der Waals surface area contributed by atoms with Gasteiger partial charge in [-0.1, -0.05) is 40.2 Å². The smallest absolute Gasteiger partial charge is 0.302 e. The third kappa shape index (κ3) is 3.30. The van der Waals surface area contributed by atoms with E-state index in [1.54, 1.807) is 0 Å². The molecule has 2 aromatic carbocycles. The Kier molecular flexibility index (Phi) is 3.79. The molecule has 0 aliphatic carbocycles. The summed E-state index contributed by atoms with van der Waals surface area (Å²) in [5, 5.41) is 2.41. The minimum Gasteiger partial charge on any atom is -0.466 e. The normalized spacial score (nSPS) is 10.5. The molecule has 0 bridgehead atoms. The van der Waals surface area contributed by atoms with Gasteiger partial charge in [-0.2, -0.15) is 0 Å². The molecule has 2 nitrogen and oxygen atoms in total. The number of halogens is 1. The molecular weight excluding hydrogens is 280 g/mol. The van der Waals surface area contributed by atoms with Crippen LogP contribution in [0.1, 0.15) is 12.5 Å². The highest BCUT2D eigenvalue weighted by Gasteiger charge is 1.99. The minimum absolute atomic E-state index is 0.227. The lowest BCUT2D eigenvalue weighted by atomic mass is 10.1. The summed E-state index contributed by atoms with van der Waals surface area (Å²) < 4.78 is 6.01. The summed E-state index contributed by atoms with van der Waals surface area (Å²) in [4.78, 5) is 10.7. The van der Waals surface area contributed by atoms with Crippen molar-refractivity contribution in [2.45, 2.75) is 13.3 Å². The third-order valence-corrected chi connectivity index (χ3v) is 3.06. The van der Waals surface area contributed by atoms with Crippen LogP contribution in [-0.4, -0.2) is 12.6 Å². The first-order valence-electron chi connectivity index (χ1n) is 5.47. The van der Waals surface area contributed by atoms with E-state index in [9.17, 15) is 4.79 Å². The summed E-state index contributed by atoms with van der Waals surface area (Å²) in [6, 6.07) is 12.5. The van der Waals surface area contributed by atoms with Crippen LogP contribution in [0.25, 0.3) is 10.8 Å². The van der Waals surface area contributed by atoms with Crippen molar-refractivity contribution in [2.24, 2.45) is 0 Å². The molecule has 88 valence electrons. The van der Waals surface area contributed by atoms with Crippen molar-refractivity contribution in [3.8, 4) is 0 Å². The van der Waals surface area contributed by atoms with Crippen LogP contribution in [0.15, 0.2) is 40.9 Å². The van der Waals surface area contributed by atoms with Gasteiger partial charge in [-0.15, -0.1) is 0 Å². The number of fused-ring (bicyclic) bond motifs is 1. The maximum Gasteiger partial charge on any atom is 0.302 e. The fourth-order valence-corrected chi connectivity index (χ4v) is 2.11. The van der Waals surface area contributed by atoms with Gasteiger partial charge >= 0.3 is 5.97 Å². The lowest BCUT2D eigenvalue weighted by Gasteiger charge is -2.04. The molecule has 0 atom stereocenters. The molecule has 0 radical (unpaired) electrons. The fourth-order valence-electron chi connectivity index (χ4n) is 1.73. The Morgan fingerprint density at radius 2 is 1.88 bits per heavy atom. The number of ether oxygens (including phenoxy) is 1. The van der Waals surface area contributed by atoms with Crippen LogP contribution >= 0.6 is 15.9 Å². The Bertz CT molecular complexity index is 549. The highest BCUT2D eigenvalue weighted by atomic mass is 79.9. The lowest BCUT2D eigenvalue weighted by Crippen LogP contribution is -2.03. The second-order valence-electron chi connectivity index (χ2n) is 3.92. The van der Waals surface area contributed by atoms with Crippen molar-refractivity contribution in [2.75, 3.05) is 6.61 Å². The standard InChI is InChI=1S/C14H13BrO2/c1-10(16)17-7-6-11-2-3-13-9-14(15)5-4-12(13)8-11/h2-5,8-9H,6-7H2,1H3. The van der Waals surface area contributed by atoms with E-state index in [0.717, 1.165) is 10.9 Å². The molecule has 0 aliphatic rings. The van der Waals surface area contributed by atoms with Crippen molar-refractivity contribution in [3.63, 3.8) is 0 Å². The Hall–Kier alpha value is -1.35. The quantitative estimate of drug-likeness (QED) is 0.806. The van der Waals surface area contributed by atoms with Gasteiger partial charge in [0.05, 0.1) is 6.61 Å². The molecule has 0 unspecified atom stereocenters. The first-order valence-corrected chi connectivity index (χ1v) is 6.26. The maximum absolute atomic E-state index is 10.7. The van der Waals surface area contributed by atoms with Crippen LogP contribution in [0.5, 0.6) is 0 Å². The van der Waals surface area contributed by atoms with Crippen LogP contribution < -0.4 is 0 Å². The van der Waals surface area contributed by atoms with Crippen molar-refractivity contribution in [1.82, 2.24) is 0 Å². The lowest BCUT2D eigenvalue weighted by molar-refractivity contribution is -0.140. The van der Waals surface area contributed by atoms with Crippen LogP contribution in [-0.2, 0) is 16.0 Å². The highest BCUT2D eigenvalue weighted by Crippen LogP contribution is 2.21. The molecule has 0 fully saturated rings. The van der Waals surface area contributed by atoms with Gasteiger partial charge in [-0.3, -0.25) is 4.79 Å². The van der Waals surface area contributed by atoms with E-state index >= 15 is 0 Å². The van der Waals surface area contributed by atoms with E-state index in [1.165, 1.54) is 23.3 Å². The van der Waals surface area contributed by atoms with Crippen molar-refractivity contribution in [3.05, 3.63) is 46.4 Å². The first kappa shape index (κ1) is 12.1. The minimum atomic E-state index is -0.227. The number of carbonyl (C=O) groups is 1. The average molecular weight is 293 g/mol. The molecule has 0 saturated carbocycles. The molecule has 0 spiro atoms. The molecule has 0 N–H and O–H groups in total. The van der Waals surface area contributed by atoms with Gasteiger partial charge in [-0.05, 0) is 28.5 Å². The maximum atomic E-state index is 10.7. The van der Waals surface area contributed by atoms with Crippen molar-refractivity contribution in [1.29, 1.82) is 0 Å². The predicted octanol–water partition coefficient (Wildman–Crippen LogP) is 3.71. The monoisotopic (exact) mass is 292 g/mol. The summed E-state index contributed by atoms with van der Waals surface area (Å²) in [7, 11) is 0. The van der Waals surface area contributed by atoms with E-state index in [4.69, 9.17) is 4.74 Å². The SMILES string of the molecule is CC(=O)OCCc1ccc2cc(Br)ccc2c1. The van der Waals surface area contributed by atoms with Gasteiger partial charge in [-0.25, -0.2) is 0 Å². The van der Waals surface area contributed by atoms with E-state index in [1.807, 2.05) is 6.07 Å². The largest absolute Gasteiger partial charge is 0.466 e. The molecule has 0 amide bonds. The molecule has 0 saturated heterocycles. The van der Waals surface area contributed by atoms with Gasteiger partial charge < -0.3 is 4.74 Å². The van der Waals surface area contributed by atoms with Crippen LogP contribution in [0.2, 0.25) is 0 Å². The van der Waals surface area contributed by atoms with Gasteiger partial charge in [0.2, 0.25) is 0 Å². The number of rotatable bonds is 3. The number of benzene rings is 2. The molecule has 2 aromatic rings.